The van der Waals surface area contributed by atoms with Crippen LogP contribution in [0.15, 0.2) is 12.2 Å². The number of rotatable bonds is 8. The molecular weight excluding hydrogens is 834 g/mol. The number of hydrogen-bond acceptors (Lipinski definition) is 12. The minimum Gasteiger partial charge on any atom is -0.430 e. The van der Waals surface area contributed by atoms with E-state index in [0.29, 0.717) is 0 Å². The zero-order valence-corrected chi connectivity index (χ0v) is 28.8. The van der Waals surface area contributed by atoms with Crippen LogP contribution in [0.3, 0.4) is 0 Å². The Labute approximate surface area is 296 Å². The Balaban J connectivity index is 3.32. The first-order valence-corrected chi connectivity index (χ1v) is 14.8. The van der Waals surface area contributed by atoms with E-state index in [-0.39, 0.29) is 0 Å². The first-order valence-electron chi connectivity index (χ1n) is 10.2. The van der Waals surface area contributed by atoms with E-state index in [0.717, 1.165) is 12.2 Å². The summed E-state index contributed by atoms with van der Waals surface area (Å²) in [7, 11) is 0. The third-order valence-corrected chi connectivity index (χ3v) is 5.12. The van der Waals surface area contributed by atoms with Crippen LogP contribution in [-0.2, 0) is 37.9 Å². The largest absolute Gasteiger partial charge is 0.509 e. The monoisotopic (exact) mass is 842 g/mol. The summed E-state index contributed by atoms with van der Waals surface area (Å²) in [6.45, 7) is -3.19. The molecule has 0 saturated heterocycles. The van der Waals surface area contributed by atoms with Gasteiger partial charge in [-0.2, -0.15) is 0 Å². The molecule has 12 nitrogen and oxygen atoms in total. The SMILES string of the molecule is O=C(OCC(Cl)(Cl)Cl)O[C@@H]1[C@@H](OC(=O)OCC(Cl)(Cl)Cl)[C@H](OC(=O)OCC(Cl)(Cl)Cl)C=C[C@H]1OC(=O)OCC(Cl)(Cl)Cl. The molecule has 0 radical (unpaired) electrons. The molecule has 0 bridgehead atoms. The molecule has 4 atom stereocenters. The van der Waals surface area contributed by atoms with Gasteiger partial charge in [0.05, 0.1) is 0 Å². The Bertz CT molecular complexity index is 896. The van der Waals surface area contributed by atoms with Crippen LogP contribution in [0.1, 0.15) is 0 Å². The van der Waals surface area contributed by atoms with E-state index in [1.807, 2.05) is 0 Å². The fourth-order valence-electron chi connectivity index (χ4n) is 2.44. The van der Waals surface area contributed by atoms with Crippen LogP contribution in [-0.4, -0.2) is 90.6 Å². The van der Waals surface area contributed by atoms with Gasteiger partial charge in [-0.25, -0.2) is 19.2 Å². The molecular formula is C18H14Cl12O12. The van der Waals surface area contributed by atoms with Gasteiger partial charge in [-0.05, 0) is 12.2 Å². The molecule has 0 aromatic carbocycles. The van der Waals surface area contributed by atoms with E-state index < -0.39 is 90.6 Å². The molecule has 42 heavy (non-hydrogen) atoms. The molecule has 0 amide bonds. The topological polar surface area (TPSA) is 142 Å². The average molecular weight is 848 g/mol. The fraction of sp³-hybridized carbons (Fsp3) is 0.667. The van der Waals surface area contributed by atoms with Gasteiger partial charge in [-0.3, -0.25) is 0 Å². The Morgan fingerprint density at radius 2 is 0.643 bits per heavy atom. The second-order valence-electron chi connectivity index (χ2n) is 7.33. The molecule has 0 N–H and O–H groups in total. The summed E-state index contributed by atoms with van der Waals surface area (Å²) in [5.41, 5.74) is 0. The highest BCUT2D eigenvalue weighted by Crippen LogP contribution is 2.31. The zero-order valence-electron chi connectivity index (χ0n) is 19.7. The maximum atomic E-state index is 12.4. The summed E-state index contributed by atoms with van der Waals surface area (Å²) >= 11 is 66.5. The van der Waals surface area contributed by atoms with E-state index in [9.17, 15) is 19.2 Å². The van der Waals surface area contributed by atoms with E-state index in [1.165, 1.54) is 0 Å². The van der Waals surface area contributed by atoms with Gasteiger partial charge in [0.1, 0.15) is 26.4 Å². The smallest absolute Gasteiger partial charge is 0.430 e. The van der Waals surface area contributed by atoms with Crippen molar-refractivity contribution in [3.05, 3.63) is 12.2 Å². The van der Waals surface area contributed by atoms with Crippen molar-refractivity contribution in [2.45, 2.75) is 39.6 Å². The van der Waals surface area contributed by atoms with Crippen molar-refractivity contribution in [2.24, 2.45) is 0 Å². The second kappa shape index (κ2) is 17.3. The molecule has 0 unspecified atom stereocenters. The number of halogens is 12. The van der Waals surface area contributed by atoms with Crippen molar-refractivity contribution in [3.8, 4) is 0 Å². The van der Waals surface area contributed by atoms with E-state index >= 15 is 0 Å². The molecule has 0 aliphatic heterocycles. The summed E-state index contributed by atoms with van der Waals surface area (Å²) in [5, 5.41) is 0. The van der Waals surface area contributed by atoms with E-state index in [1.54, 1.807) is 0 Å². The Hall–Kier alpha value is 0.300. The summed E-state index contributed by atoms with van der Waals surface area (Å²) < 4.78 is 30.9. The van der Waals surface area contributed by atoms with Crippen LogP contribution in [0.5, 0.6) is 0 Å². The summed E-state index contributed by atoms with van der Waals surface area (Å²) in [6, 6.07) is 0. The first kappa shape index (κ1) is 40.3. The minimum atomic E-state index is -2.07. The predicted molar refractivity (Wildman–Crippen MR) is 155 cm³/mol. The highest BCUT2D eigenvalue weighted by molar-refractivity contribution is 6.69. The molecule has 0 heterocycles. The molecule has 0 aromatic heterocycles. The van der Waals surface area contributed by atoms with E-state index in [2.05, 4.69) is 18.9 Å². The van der Waals surface area contributed by atoms with Gasteiger partial charge < -0.3 is 37.9 Å². The van der Waals surface area contributed by atoms with Crippen molar-refractivity contribution in [1.82, 2.24) is 0 Å². The van der Waals surface area contributed by atoms with E-state index in [4.69, 9.17) is 158 Å². The lowest BCUT2D eigenvalue weighted by Gasteiger charge is -2.36. The average Bonchev–Trinajstić information content (AvgIpc) is 2.80. The molecule has 0 fully saturated rings. The van der Waals surface area contributed by atoms with Gasteiger partial charge in [0.15, 0.2) is 24.4 Å². The summed E-state index contributed by atoms with van der Waals surface area (Å²) in [4.78, 5) is 49.3. The van der Waals surface area contributed by atoms with Gasteiger partial charge in [-0.1, -0.05) is 139 Å². The lowest BCUT2D eigenvalue weighted by molar-refractivity contribution is -0.131. The highest BCUT2D eigenvalue weighted by atomic mass is 35.6. The van der Waals surface area contributed by atoms with Crippen LogP contribution in [0.4, 0.5) is 19.2 Å². The Morgan fingerprint density at radius 1 is 0.429 bits per heavy atom. The normalized spacial score (nSPS) is 21.0. The molecule has 1 aliphatic rings. The molecule has 1 aliphatic carbocycles. The molecule has 0 saturated carbocycles. The van der Waals surface area contributed by atoms with Crippen LogP contribution in [0.25, 0.3) is 0 Å². The maximum Gasteiger partial charge on any atom is 0.509 e. The molecule has 242 valence electrons. The maximum absolute atomic E-state index is 12.4. The standard InChI is InChI=1S/C18H14Cl12O12/c19-15(20,21)3-35-11(31)39-7-1-2-8(40-12(32)36-4-16(22,23)24)10(42-14(34)38-6-18(28,29)30)9(7)41-13(33)37-5-17(25,26)27/h1-2,7-10H,3-6H2/t7-,8-,9+,10+/m1/s1. The zero-order chi connectivity index (χ0) is 32.5. The van der Waals surface area contributed by atoms with Gasteiger partial charge >= 0.3 is 24.6 Å². The third-order valence-electron chi connectivity index (χ3n) is 3.81. The van der Waals surface area contributed by atoms with Gasteiger partial charge in [0, 0.05) is 0 Å². The van der Waals surface area contributed by atoms with Gasteiger partial charge in [0.2, 0.25) is 15.2 Å². The van der Waals surface area contributed by atoms with Crippen molar-refractivity contribution >= 4 is 164 Å². The first-order chi connectivity index (χ1) is 18.9. The second-order valence-corrected chi connectivity index (χ2v) is 17.4. The molecule has 0 aromatic rings. The number of ether oxygens (including phenoxy) is 8. The summed E-state index contributed by atoms with van der Waals surface area (Å²) in [6.07, 6.45) is -11.2. The number of hydrogen-bond donors (Lipinski definition) is 0. The van der Waals surface area contributed by atoms with Gasteiger partial charge in [-0.15, -0.1) is 0 Å². The van der Waals surface area contributed by atoms with Gasteiger partial charge in [0.25, 0.3) is 0 Å². The lowest BCUT2D eigenvalue weighted by atomic mass is 9.95. The van der Waals surface area contributed by atoms with Crippen molar-refractivity contribution in [3.63, 3.8) is 0 Å². The van der Waals surface area contributed by atoms with Crippen LogP contribution >= 0.6 is 139 Å². The fourth-order valence-corrected chi connectivity index (χ4v) is 3.09. The van der Waals surface area contributed by atoms with Crippen molar-refractivity contribution < 1.29 is 57.1 Å². The lowest BCUT2D eigenvalue weighted by Crippen LogP contribution is -2.53. The quantitative estimate of drug-likeness (QED) is 0.101. The predicted octanol–water partition coefficient (Wildman–Crippen LogP) is 8.12. The number of carbonyl (C=O) groups is 4. The van der Waals surface area contributed by atoms with Crippen LogP contribution < -0.4 is 0 Å². The molecule has 24 heteroatoms. The Morgan fingerprint density at radius 3 is 0.857 bits per heavy atom. The van der Waals surface area contributed by atoms with Crippen molar-refractivity contribution in [2.75, 3.05) is 26.4 Å². The molecule has 0 spiro atoms. The Kier molecular flexibility index (Phi) is 16.6. The van der Waals surface area contributed by atoms with Crippen LogP contribution in [0, 0.1) is 0 Å². The third kappa shape index (κ3) is 19.0. The highest BCUT2D eigenvalue weighted by Gasteiger charge is 2.47. The number of alkyl halides is 12. The van der Waals surface area contributed by atoms with Crippen molar-refractivity contribution in [1.29, 1.82) is 0 Å². The minimum absolute atomic E-state index is 0.770. The molecule has 1 rings (SSSR count). The number of carbonyl (C=O) groups excluding carboxylic acids is 4. The summed E-state index contributed by atoms with van der Waals surface area (Å²) in [5.74, 6) is 0. The van der Waals surface area contributed by atoms with Crippen LogP contribution in [0.2, 0.25) is 0 Å².